The zero-order valence-electron chi connectivity index (χ0n) is 21.2. The van der Waals surface area contributed by atoms with Gasteiger partial charge in [0.05, 0.1) is 10.6 Å². The van der Waals surface area contributed by atoms with Crippen LogP contribution >= 0.6 is 11.6 Å². The van der Waals surface area contributed by atoms with Crippen molar-refractivity contribution in [1.82, 2.24) is 10.2 Å². The molecule has 0 heterocycles. The van der Waals surface area contributed by atoms with Gasteiger partial charge in [-0.05, 0) is 62.2 Å². The smallest absolute Gasteiger partial charge is 0.264 e. The first-order chi connectivity index (χ1) is 17.6. The number of rotatable bonds is 11. The molecule has 0 saturated heterocycles. The lowest BCUT2D eigenvalue weighted by Crippen LogP contribution is -2.53. The minimum absolute atomic E-state index is 0.0699. The van der Waals surface area contributed by atoms with Gasteiger partial charge >= 0.3 is 0 Å². The molecule has 2 amide bonds. The molecule has 0 radical (unpaired) electrons. The second kappa shape index (κ2) is 12.7. The van der Waals surface area contributed by atoms with Gasteiger partial charge in [-0.2, -0.15) is 0 Å². The fourth-order valence-corrected chi connectivity index (χ4v) is 5.49. The van der Waals surface area contributed by atoms with Gasteiger partial charge in [0.15, 0.2) is 0 Å². The van der Waals surface area contributed by atoms with E-state index in [-0.39, 0.29) is 23.4 Å². The number of sulfonamides is 1. The molecule has 0 saturated carbocycles. The van der Waals surface area contributed by atoms with E-state index >= 15 is 0 Å². The number of carbonyl (C=O) groups is 2. The van der Waals surface area contributed by atoms with Crippen molar-refractivity contribution in [3.05, 3.63) is 95.5 Å². The number of nitrogens with one attached hydrogen (secondary N) is 1. The summed E-state index contributed by atoms with van der Waals surface area (Å²) in [5.74, 6) is -0.791. The molecule has 7 nitrogen and oxygen atoms in total. The number of halogens is 1. The van der Waals surface area contributed by atoms with Crippen LogP contribution in [0.2, 0.25) is 5.02 Å². The molecular weight excluding hydrogens is 510 g/mol. The van der Waals surface area contributed by atoms with Crippen molar-refractivity contribution in [3.63, 3.8) is 0 Å². The zero-order valence-corrected chi connectivity index (χ0v) is 22.7. The minimum Gasteiger partial charge on any atom is -0.352 e. The van der Waals surface area contributed by atoms with Crippen LogP contribution < -0.4 is 9.62 Å². The Morgan fingerprint density at radius 3 is 2.00 bits per heavy atom. The molecule has 0 aliphatic rings. The fraction of sp³-hybridized carbons (Fsp3) is 0.286. The lowest BCUT2D eigenvalue weighted by Gasteiger charge is -2.33. The van der Waals surface area contributed by atoms with E-state index in [0.29, 0.717) is 17.1 Å². The molecule has 9 heteroatoms. The number of carbonyl (C=O) groups excluding carboxylic acids is 2. The summed E-state index contributed by atoms with van der Waals surface area (Å²) in [6, 6.07) is 22.5. The molecule has 37 heavy (non-hydrogen) atoms. The van der Waals surface area contributed by atoms with Crippen LogP contribution in [0.1, 0.15) is 32.8 Å². The van der Waals surface area contributed by atoms with Gasteiger partial charge < -0.3 is 10.2 Å². The molecule has 0 spiro atoms. The Bertz CT molecular complexity index is 1280. The highest BCUT2D eigenvalue weighted by molar-refractivity contribution is 7.92. The second-order valence-corrected chi connectivity index (χ2v) is 11.2. The maximum atomic E-state index is 13.9. The molecule has 0 unspecified atom stereocenters. The molecular formula is C28H32ClN3O4S. The van der Waals surface area contributed by atoms with Gasteiger partial charge in [-0.25, -0.2) is 8.42 Å². The summed E-state index contributed by atoms with van der Waals surface area (Å²) in [7, 11) is -4.07. The maximum Gasteiger partial charge on any atom is 0.264 e. The van der Waals surface area contributed by atoms with Crippen LogP contribution in [0.15, 0.2) is 89.8 Å². The average Bonchev–Trinajstić information content (AvgIpc) is 2.88. The maximum absolute atomic E-state index is 13.9. The van der Waals surface area contributed by atoms with Gasteiger partial charge in [-0.3, -0.25) is 13.9 Å². The standard InChI is InChI=1S/C28H32ClN3O4S/c1-4-26(28(34)30-21(2)3)31(19-22-15-17-23(29)18-16-22)27(33)20-32(24-11-7-5-8-12-24)37(35,36)25-13-9-6-10-14-25/h5-18,21,26H,4,19-20H2,1-3H3,(H,30,34)/t26-/m0/s1. The Labute approximate surface area is 224 Å². The third-order valence-corrected chi connectivity index (χ3v) is 7.78. The summed E-state index contributed by atoms with van der Waals surface area (Å²) in [6.07, 6.45) is 0.356. The van der Waals surface area contributed by atoms with Gasteiger partial charge in [0.2, 0.25) is 11.8 Å². The van der Waals surface area contributed by atoms with Crippen molar-refractivity contribution in [2.75, 3.05) is 10.8 Å². The van der Waals surface area contributed by atoms with Crippen molar-refractivity contribution in [2.24, 2.45) is 0 Å². The predicted octanol–water partition coefficient (Wildman–Crippen LogP) is 4.87. The first-order valence-electron chi connectivity index (χ1n) is 12.1. The molecule has 196 valence electrons. The molecule has 1 N–H and O–H groups in total. The average molecular weight is 542 g/mol. The molecule has 0 aromatic heterocycles. The molecule has 3 aromatic rings. The van der Waals surface area contributed by atoms with Gasteiger partial charge in [-0.15, -0.1) is 0 Å². The van der Waals surface area contributed by atoms with Crippen LogP contribution in [0.25, 0.3) is 0 Å². The second-order valence-electron chi connectivity index (χ2n) is 8.90. The first-order valence-corrected chi connectivity index (χ1v) is 13.9. The van der Waals surface area contributed by atoms with E-state index in [4.69, 9.17) is 11.6 Å². The molecule has 3 rings (SSSR count). The van der Waals surface area contributed by atoms with Crippen molar-refractivity contribution in [2.45, 2.75) is 50.7 Å². The molecule has 0 fully saturated rings. The number of nitrogens with zero attached hydrogens (tertiary/aromatic N) is 2. The van der Waals surface area contributed by atoms with Crippen molar-refractivity contribution >= 4 is 39.1 Å². The van der Waals surface area contributed by atoms with Gasteiger partial charge in [0.1, 0.15) is 12.6 Å². The predicted molar refractivity (Wildman–Crippen MR) is 147 cm³/mol. The minimum atomic E-state index is -4.07. The summed E-state index contributed by atoms with van der Waals surface area (Å²) in [6.45, 7) is 5.16. The highest BCUT2D eigenvalue weighted by Gasteiger charge is 2.33. The van der Waals surface area contributed by atoms with Crippen molar-refractivity contribution in [3.8, 4) is 0 Å². The van der Waals surface area contributed by atoms with E-state index in [1.54, 1.807) is 72.8 Å². The topological polar surface area (TPSA) is 86.8 Å². The highest BCUT2D eigenvalue weighted by Crippen LogP contribution is 2.24. The Balaban J connectivity index is 2.02. The molecule has 0 bridgehead atoms. The Hall–Kier alpha value is -3.36. The normalized spacial score (nSPS) is 12.1. The van der Waals surface area contributed by atoms with Crippen LogP contribution in [0.4, 0.5) is 5.69 Å². The van der Waals surface area contributed by atoms with Gasteiger partial charge in [0.25, 0.3) is 10.0 Å². The number of amides is 2. The van der Waals surface area contributed by atoms with E-state index in [1.165, 1.54) is 17.0 Å². The first kappa shape index (κ1) is 28.2. The Kier molecular flexibility index (Phi) is 9.72. The lowest BCUT2D eigenvalue weighted by atomic mass is 10.1. The van der Waals surface area contributed by atoms with Crippen molar-refractivity contribution < 1.29 is 18.0 Å². The number of para-hydroxylation sites is 1. The van der Waals surface area contributed by atoms with Crippen LogP contribution in [-0.4, -0.2) is 43.8 Å². The molecule has 1 atom stereocenters. The van der Waals surface area contributed by atoms with Gasteiger partial charge in [-0.1, -0.05) is 67.1 Å². The monoisotopic (exact) mass is 541 g/mol. The Morgan fingerprint density at radius 2 is 1.46 bits per heavy atom. The number of hydrogen-bond donors (Lipinski definition) is 1. The third-order valence-electron chi connectivity index (χ3n) is 5.74. The van der Waals surface area contributed by atoms with Gasteiger partial charge in [0, 0.05) is 17.6 Å². The molecule has 0 aliphatic heterocycles. The zero-order chi connectivity index (χ0) is 27.0. The summed E-state index contributed by atoms with van der Waals surface area (Å²) in [5.41, 5.74) is 1.12. The number of anilines is 1. The van der Waals surface area contributed by atoms with E-state index in [0.717, 1.165) is 9.87 Å². The quantitative estimate of drug-likeness (QED) is 0.375. The highest BCUT2D eigenvalue weighted by atomic mass is 35.5. The summed E-state index contributed by atoms with van der Waals surface area (Å²) < 4.78 is 28.4. The SMILES string of the molecule is CC[C@@H](C(=O)NC(C)C)N(Cc1ccc(Cl)cc1)C(=O)CN(c1ccccc1)S(=O)(=O)c1ccccc1. The molecule has 3 aromatic carbocycles. The van der Waals surface area contributed by atoms with E-state index in [2.05, 4.69) is 5.32 Å². The van der Waals surface area contributed by atoms with E-state index in [1.807, 2.05) is 20.8 Å². The third kappa shape index (κ3) is 7.33. The Morgan fingerprint density at radius 1 is 0.892 bits per heavy atom. The van der Waals surface area contributed by atoms with Crippen molar-refractivity contribution in [1.29, 1.82) is 0 Å². The van der Waals surface area contributed by atoms with Crippen LogP contribution in [0, 0.1) is 0 Å². The number of hydrogen-bond acceptors (Lipinski definition) is 4. The largest absolute Gasteiger partial charge is 0.352 e. The summed E-state index contributed by atoms with van der Waals surface area (Å²) >= 11 is 6.04. The van der Waals surface area contributed by atoms with Crippen LogP contribution in [-0.2, 0) is 26.2 Å². The van der Waals surface area contributed by atoms with E-state index < -0.39 is 28.5 Å². The van der Waals surface area contributed by atoms with E-state index in [9.17, 15) is 18.0 Å². The fourth-order valence-electron chi connectivity index (χ4n) is 3.93. The summed E-state index contributed by atoms with van der Waals surface area (Å²) in [5, 5.41) is 3.43. The van der Waals surface area contributed by atoms with Crippen LogP contribution in [0.5, 0.6) is 0 Å². The van der Waals surface area contributed by atoms with Crippen LogP contribution in [0.3, 0.4) is 0 Å². The lowest BCUT2D eigenvalue weighted by molar-refractivity contribution is -0.140. The molecule has 0 aliphatic carbocycles. The summed E-state index contributed by atoms with van der Waals surface area (Å²) in [4.78, 5) is 28.5. The number of benzene rings is 3.